The lowest BCUT2D eigenvalue weighted by atomic mass is 9.91. The first-order valence-electron chi connectivity index (χ1n) is 9.94. The van der Waals surface area contributed by atoms with E-state index in [4.69, 9.17) is 5.73 Å². The number of aromatic carboxylic acids is 1. The first kappa shape index (κ1) is 24.4. The number of rotatable bonds is 4. The van der Waals surface area contributed by atoms with E-state index >= 15 is 4.39 Å². The highest BCUT2D eigenvalue weighted by Gasteiger charge is 2.32. The second-order valence-corrected chi connectivity index (χ2v) is 8.24. The fraction of sp³-hybridized carbons (Fsp3) is 0.524. The van der Waals surface area contributed by atoms with Crippen molar-refractivity contribution in [2.45, 2.75) is 51.5 Å². The molecule has 0 amide bonds. The van der Waals surface area contributed by atoms with E-state index in [1.165, 1.54) is 10.5 Å². The van der Waals surface area contributed by atoms with Crippen molar-refractivity contribution in [2.24, 2.45) is 11.7 Å². The molecule has 2 aliphatic rings. The van der Waals surface area contributed by atoms with E-state index in [1.54, 1.807) is 0 Å². The zero-order chi connectivity index (χ0) is 20.2. The number of aromatic nitrogens is 1. The Labute approximate surface area is 187 Å². The smallest absolute Gasteiger partial charge is 0.341 e. The van der Waals surface area contributed by atoms with Gasteiger partial charge >= 0.3 is 5.97 Å². The summed E-state index contributed by atoms with van der Waals surface area (Å²) < 4.78 is 16.4. The molecule has 2 atom stereocenters. The highest BCUT2D eigenvalue weighted by atomic mass is 35.5. The molecule has 6 nitrogen and oxygen atoms in total. The number of nitrogens with zero attached hydrogens (tertiary/aromatic N) is 2. The number of hydrogen-bond donors (Lipinski definition) is 2. The minimum Gasteiger partial charge on any atom is -0.477 e. The summed E-state index contributed by atoms with van der Waals surface area (Å²) in [6.07, 6.45) is 4.96. The Morgan fingerprint density at radius 2 is 1.97 bits per heavy atom. The molecule has 0 unspecified atom stereocenters. The topological polar surface area (TPSA) is 88.0 Å². The predicted octanol–water partition coefficient (Wildman–Crippen LogP) is 3.73. The molecule has 2 fully saturated rings. The molecule has 1 saturated heterocycles. The van der Waals surface area contributed by atoms with E-state index < -0.39 is 17.3 Å². The maximum atomic E-state index is 15.2. The Morgan fingerprint density at radius 1 is 1.30 bits per heavy atom. The van der Waals surface area contributed by atoms with E-state index in [0.717, 1.165) is 44.0 Å². The van der Waals surface area contributed by atoms with Crippen LogP contribution in [0.15, 0.2) is 17.1 Å². The molecule has 30 heavy (non-hydrogen) atoms. The third-order valence-electron chi connectivity index (χ3n) is 6.15. The second-order valence-electron chi connectivity index (χ2n) is 8.24. The van der Waals surface area contributed by atoms with Crippen molar-refractivity contribution in [3.05, 3.63) is 45.1 Å². The van der Waals surface area contributed by atoms with Gasteiger partial charge in [0.2, 0.25) is 0 Å². The van der Waals surface area contributed by atoms with Crippen LogP contribution in [0.25, 0.3) is 5.52 Å². The van der Waals surface area contributed by atoms with Crippen LogP contribution in [0.3, 0.4) is 0 Å². The van der Waals surface area contributed by atoms with Crippen LogP contribution in [0.2, 0.25) is 0 Å². The summed E-state index contributed by atoms with van der Waals surface area (Å²) in [7, 11) is 0. The van der Waals surface area contributed by atoms with Gasteiger partial charge in [-0.3, -0.25) is 9.20 Å². The molecule has 1 aliphatic heterocycles. The molecule has 1 saturated carbocycles. The van der Waals surface area contributed by atoms with Gasteiger partial charge in [-0.1, -0.05) is 13.3 Å². The predicted molar refractivity (Wildman–Crippen MR) is 120 cm³/mol. The van der Waals surface area contributed by atoms with Crippen LogP contribution < -0.4 is 16.2 Å². The van der Waals surface area contributed by atoms with Crippen LogP contribution in [-0.2, 0) is 0 Å². The molecule has 1 aliphatic carbocycles. The Hall–Kier alpha value is -1.83. The van der Waals surface area contributed by atoms with Crippen LogP contribution in [0.4, 0.5) is 10.1 Å². The maximum absolute atomic E-state index is 15.2. The number of nitrogens with two attached hydrogens (primary N) is 1. The second kappa shape index (κ2) is 9.12. The van der Waals surface area contributed by atoms with E-state index in [1.807, 2.05) is 11.8 Å². The van der Waals surface area contributed by atoms with Crippen molar-refractivity contribution in [3.63, 3.8) is 0 Å². The number of fused-ring (bicyclic) bond motifs is 1. The number of aryl methyl sites for hydroxylation is 1. The van der Waals surface area contributed by atoms with Gasteiger partial charge in [0.05, 0.1) is 17.4 Å². The number of hydrogen-bond acceptors (Lipinski definition) is 4. The number of piperidine rings is 1. The lowest BCUT2D eigenvalue weighted by Gasteiger charge is -2.38. The molecular formula is C21H28Cl2FN3O3. The molecule has 0 spiro atoms. The number of carbonyl (C=O) groups is 1. The van der Waals surface area contributed by atoms with E-state index in [-0.39, 0.29) is 42.3 Å². The van der Waals surface area contributed by atoms with Gasteiger partial charge in [-0.2, -0.15) is 0 Å². The Kier molecular flexibility index (Phi) is 7.43. The summed E-state index contributed by atoms with van der Waals surface area (Å²) in [5, 5.41) is 9.41. The van der Waals surface area contributed by atoms with E-state index in [9.17, 15) is 14.7 Å². The van der Waals surface area contributed by atoms with Crippen molar-refractivity contribution >= 4 is 42.0 Å². The van der Waals surface area contributed by atoms with E-state index in [2.05, 4.69) is 6.92 Å². The summed E-state index contributed by atoms with van der Waals surface area (Å²) in [6.45, 7) is 5.23. The van der Waals surface area contributed by atoms with Crippen molar-refractivity contribution in [2.75, 3.05) is 18.0 Å². The van der Waals surface area contributed by atoms with Gasteiger partial charge in [0.1, 0.15) is 5.56 Å². The van der Waals surface area contributed by atoms with Gasteiger partial charge in [-0.05, 0) is 55.2 Å². The van der Waals surface area contributed by atoms with Gasteiger partial charge in [0.15, 0.2) is 5.82 Å². The molecule has 166 valence electrons. The molecule has 2 aromatic heterocycles. The average molecular weight is 460 g/mol. The average Bonchev–Trinajstić information content (AvgIpc) is 3.46. The minimum atomic E-state index is -1.28. The molecule has 4 rings (SSSR count). The zero-order valence-electron chi connectivity index (χ0n) is 17.1. The summed E-state index contributed by atoms with van der Waals surface area (Å²) >= 11 is 0. The molecule has 0 bridgehead atoms. The first-order valence-corrected chi connectivity index (χ1v) is 9.94. The number of anilines is 1. The van der Waals surface area contributed by atoms with Crippen molar-refractivity contribution in [1.29, 1.82) is 0 Å². The minimum absolute atomic E-state index is 0. The number of pyridine rings is 2. The molecule has 9 heteroatoms. The Bertz CT molecular complexity index is 1020. The van der Waals surface area contributed by atoms with Crippen LogP contribution in [0, 0.1) is 18.7 Å². The summed E-state index contributed by atoms with van der Waals surface area (Å²) in [5.74, 6) is -1.17. The third kappa shape index (κ3) is 4.15. The SMILES string of the molecule is CC[C@H]1C[C@H](N)CN(c2c(F)cn3c(=O)c(C(=O)O)cc(C4CC4)c3c2C)C1.Cl.Cl. The quantitative estimate of drug-likeness (QED) is 0.726. The van der Waals surface area contributed by atoms with Gasteiger partial charge in [0.25, 0.3) is 5.56 Å². The van der Waals surface area contributed by atoms with Crippen molar-refractivity contribution < 1.29 is 14.3 Å². The molecule has 0 radical (unpaired) electrons. The molecule has 2 aromatic rings. The summed E-state index contributed by atoms with van der Waals surface area (Å²) in [4.78, 5) is 26.2. The van der Waals surface area contributed by atoms with Crippen molar-refractivity contribution in [3.8, 4) is 0 Å². The normalized spacial score (nSPS) is 21.1. The number of carboxylic acid groups (broad SMARTS) is 1. The van der Waals surface area contributed by atoms with Gasteiger partial charge < -0.3 is 15.7 Å². The summed E-state index contributed by atoms with van der Waals surface area (Å²) in [5.41, 5.74) is 7.85. The van der Waals surface area contributed by atoms with Crippen LogP contribution >= 0.6 is 24.8 Å². The molecule has 0 aromatic carbocycles. The summed E-state index contributed by atoms with van der Waals surface area (Å²) in [6, 6.07) is 1.47. The van der Waals surface area contributed by atoms with Gasteiger partial charge in [-0.15, -0.1) is 24.8 Å². The first-order chi connectivity index (χ1) is 13.3. The lowest BCUT2D eigenvalue weighted by Crippen LogP contribution is -2.47. The highest BCUT2D eigenvalue weighted by molar-refractivity contribution is 5.89. The lowest BCUT2D eigenvalue weighted by molar-refractivity contribution is 0.0694. The van der Waals surface area contributed by atoms with Crippen LogP contribution in [0.5, 0.6) is 0 Å². The fourth-order valence-electron chi connectivity index (χ4n) is 4.61. The molecule has 3 heterocycles. The largest absolute Gasteiger partial charge is 0.477 e. The molecule has 3 N–H and O–H groups in total. The fourth-order valence-corrected chi connectivity index (χ4v) is 4.61. The third-order valence-corrected chi connectivity index (χ3v) is 6.15. The zero-order valence-corrected chi connectivity index (χ0v) is 18.7. The van der Waals surface area contributed by atoms with Crippen molar-refractivity contribution in [1.82, 2.24) is 4.40 Å². The maximum Gasteiger partial charge on any atom is 0.341 e. The van der Waals surface area contributed by atoms with Gasteiger partial charge in [-0.25, -0.2) is 9.18 Å². The standard InChI is InChI=1S/C21H26FN3O3.2ClH/c1-3-12-6-14(23)9-24(8-12)19-11(2)18-15(13-4-5-13)7-16(21(27)28)20(26)25(18)10-17(19)22;;/h7,10,12-14H,3-6,8-9,23H2,1-2H3,(H,27,28);2*1H/t12-,14-;;/m0../s1. The Morgan fingerprint density at radius 3 is 2.53 bits per heavy atom. The van der Waals surface area contributed by atoms with Gasteiger partial charge in [0, 0.05) is 19.1 Å². The van der Waals surface area contributed by atoms with Crippen LogP contribution in [-0.4, -0.2) is 34.6 Å². The monoisotopic (exact) mass is 459 g/mol. The number of carboxylic acids is 1. The van der Waals surface area contributed by atoms with E-state index in [0.29, 0.717) is 29.2 Å². The van der Waals surface area contributed by atoms with Crippen LogP contribution in [0.1, 0.15) is 60.0 Å². The Balaban J connectivity index is 0.00000160. The highest BCUT2D eigenvalue weighted by Crippen LogP contribution is 2.44. The molecular weight excluding hydrogens is 432 g/mol. The number of halogens is 3.